The lowest BCUT2D eigenvalue weighted by Gasteiger charge is -2.10. The summed E-state index contributed by atoms with van der Waals surface area (Å²) < 4.78 is 5.25. The number of nitrogens with zero attached hydrogens (tertiary/aromatic N) is 1. The highest BCUT2D eigenvalue weighted by Crippen LogP contribution is 2.19. The van der Waals surface area contributed by atoms with E-state index in [1.807, 2.05) is 12.1 Å². The number of aromatic nitrogens is 1. The van der Waals surface area contributed by atoms with E-state index in [2.05, 4.69) is 41.5 Å². The number of anilines is 1. The standard InChI is InChI=1S/C15H18N2O/c1-12-6-3-4-7-13(12)9-11-17-15-14(18-2)8-5-10-16-15/h3-8,10H,9,11H2,1-2H3,(H,16,17). The first kappa shape index (κ1) is 12.4. The lowest BCUT2D eigenvalue weighted by Crippen LogP contribution is -2.08. The number of hydrogen-bond donors (Lipinski definition) is 1. The average Bonchev–Trinajstić information content (AvgIpc) is 2.41. The first-order valence-corrected chi connectivity index (χ1v) is 6.08. The van der Waals surface area contributed by atoms with Crippen molar-refractivity contribution in [2.75, 3.05) is 19.0 Å². The lowest BCUT2D eigenvalue weighted by molar-refractivity contribution is 0.415. The smallest absolute Gasteiger partial charge is 0.168 e. The van der Waals surface area contributed by atoms with Crippen LogP contribution in [-0.4, -0.2) is 18.6 Å². The Kier molecular flexibility index (Phi) is 4.18. The average molecular weight is 242 g/mol. The first-order chi connectivity index (χ1) is 8.81. The van der Waals surface area contributed by atoms with E-state index in [9.17, 15) is 0 Å². The monoisotopic (exact) mass is 242 g/mol. The van der Waals surface area contributed by atoms with Gasteiger partial charge in [0.05, 0.1) is 7.11 Å². The molecule has 0 fully saturated rings. The van der Waals surface area contributed by atoms with Gasteiger partial charge in [0.1, 0.15) is 0 Å². The van der Waals surface area contributed by atoms with Crippen LogP contribution in [0.4, 0.5) is 5.82 Å². The van der Waals surface area contributed by atoms with Gasteiger partial charge in [-0.3, -0.25) is 0 Å². The van der Waals surface area contributed by atoms with Gasteiger partial charge in [-0.15, -0.1) is 0 Å². The minimum Gasteiger partial charge on any atom is -0.493 e. The summed E-state index contributed by atoms with van der Waals surface area (Å²) in [6, 6.07) is 12.2. The highest BCUT2D eigenvalue weighted by atomic mass is 16.5. The van der Waals surface area contributed by atoms with Crippen LogP contribution in [0.1, 0.15) is 11.1 Å². The van der Waals surface area contributed by atoms with Crippen molar-refractivity contribution in [2.24, 2.45) is 0 Å². The molecule has 1 N–H and O–H groups in total. The Bertz CT molecular complexity index is 511. The van der Waals surface area contributed by atoms with Crippen molar-refractivity contribution in [3.8, 4) is 5.75 Å². The number of hydrogen-bond acceptors (Lipinski definition) is 3. The van der Waals surface area contributed by atoms with Crippen LogP contribution in [0.15, 0.2) is 42.6 Å². The second-order valence-corrected chi connectivity index (χ2v) is 4.16. The summed E-state index contributed by atoms with van der Waals surface area (Å²) in [5.74, 6) is 1.58. The Morgan fingerprint density at radius 2 is 2.00 bits per heavy atom. The van der Waals surface area contributed by atoms with Crippen molar-refractivity contribution in [3.05, 3.63) is 53.7 Å². The van der Waals surface area contributed by atoms with Crippen LogP contribution in [-0.2, 0) is 6.42 Å². The molecule has 0 aliphatic heterocycles. The van der Waals surface area contributed by atoms with Crippen molar-refractivity contribution in [1.29, 1.82) is 0 Å². The van der Waals surface area contributed by atoms with E-state index in [1.165, 1.54) is 11.1 Å². The number of rotatable bonds is 5. The second-order valence-electron chi connectivity index (χ2n) is 4.16. The van der Waals surface area contributed by atoms with Crippen molar-refractivity contribution < 1.29 is 4.74 Å². The molecule has 0 spiro atoms. The van der Waals surface area contributed by atoms with E-state index < -0.39 is 0 Å². The van der Waals surface area contributed by atoms with E-state index in [0.29, 0.717) is 0 Å². The molecule has 0 unspecified atom stereocenters. The zero-order valence-electron chi connectivity index (χ0n) is 10.8. The van der Waals surface area contributed by atoms with Gasteiger partial charge in [0.2, 0.25) is 0 Å². The van der Waals surface area contributed by atoms with Crippen LogP contribution in [0.25, 0.3) is 0 Å². The molecular formula is C15H18N2O. The van der Waals surface area contributed by atoms with Gasteiger partial charge >= 0.3 is 0 Å². The van der Waals surface area contributed by atoms with Gasteiger partial charge < -0.3 is 10.1 Å². The summed E-state index contributed by atoms with van der Waals surface area (Å²) in [5, 5.41) is 3.30. The van der Waals surface area contributed by atoms with Gasteiger partial charge in [-0.25, -0.2) is 4.98 Å². The van der Waals surface area contributed by atoms with E-state index in [-0.39, 0.29) is 0 Å². The van der Waals surface area contributed by atoms with E-state index in [1.54, 1.807) is 13.3 Å². The van der Waals surface area contributed by atoms with Crippen LogP contribution in [0.3, 0.4) is 0 Å². The Morgan fingerprint density at radius 3 is 2.78 bits per heavy atom. The maximum atomic E-state index is 5.25. The van der Waals surface area contributed by atoms with Gasteiger partial charge in [-0.05, 0) is 36.6 Å². The SMILES string of the molecule is COc1cccnc1NCCc1ccccc1C. The van der Waals surface area contributed by atoms with Crippen LogP contribution in [0.5, 0.6) is 5.75 Å². The molecule has 0 saturated carbocycles. The highest BCUT2D eigenvalue weighted by molar-refractivity contribution is 5.49. The lowest BCUT2D eigenvalue weighted by atomic mass is 10.1. The molecule has 0 amide bonds. The molecule has 0 atom stereocenters. The van der Waals surface area contributed by atoms with Crippen molar-refractivity contribution in [2.45, 2.75) is 13.3 Å². The third-order valence-electron chi connectivity index (χ3n) is 2.94. The molecule has 1 aromatic heterocycles. The minimum atomic E-state index is 0.780. The zero-order chi connectivity index (χ0) is 12.8. The molecule has 3 heteroatoms. The minimum absolute atomic E-state index is 0.780. The fraction of sp³-hybridized carbons (Fsp3) is 0.267. The number of aryl methyl sites for hydroxylation is 1. The first-order valence-electron chi connectivity index (χ1n) is 6.08. The van der Waals surface area contributed by atoms with Crippen molar-refractivity contribution in [1.82, 2.24) is 4.98 Å². The Balaban J connectivity index is 1.95. The number of nitrogens with one attached hydrogen (secondary N) is 1. The summed E-state index contributed by atoms with van der Waals surface area (Å²) >= 11 is 0. The molecule has 1 heterocycles. The van der Waals surface area contributed by atoms with Crippen LogP contribution in [0.2, 0.25) is 0 Å². The van der Waals surface area contributed by atoms with E-state index in [0.717, 1.165) is 24.5 Å². The zero-order valence-corrected chi connectivity index (χ0v) is 10.8. The van der Waals surface area contributed by atoms with Gasteiger partial charge in [0, 0.05) is 12.7 Å². The third-order valence-corrected chi connectivity index (χ3v) is 2.94. The molecule has 94 valence electrons. The fourth-order valence-corrected chi connectivity index (χ4v) is 1.89. The van der Waals surface area contributed by atoms with Gasteiger partial charge in [-0.2, -0.15) is 0 Å². The third kappa shape index (κ3) is 3.00. The molecule has 18 heavy (non-hydrogen) atoms. The Hall–Kier alpha value is -2.03. The van der Waals surface area contributed by atoms with Crippen LogP contribution < -0.4 is 10.1 Å². The fourth-order valence-electron chi connectivity index (χ4n) is 1.89. The van der Waals surface area contributed by atoms with Crippen LogP contribution in [0, 0.1) is 6.92 Å². The van der Waals surface area contributed by atoms with Crippen molar-refractivity contribution >= 4 is 5.82 Å². The highest BCUT2D eigenvalue weighted by Gasteiger charge is 2.02. The molecule has 3 nitrogen and oxygen atoms in total. The number of benzene rings is 1. The molecule has 0 bridgehead atoms. The molecule has 0 radical (unpaired) electrons. The van der Waals surface area contributed by atoms with E-state index in [4.69, 9.17) is 4.74 Å². The van der Waals surface area contributed by atoms with Gasteiger partial charge in [0.25, 0.3) is 0 Å². The van der Waals surface area contributed by atoms with E-state index >= 15 is 0 Å². The number of ether oxygens (including phenoxy) is 1. The normalized spacial score (nSPS) is 10.1. The Morgan fingerprint density at radius 1 is 1.17 bits per heavy atom. The molecule has 2 rings (SSSR count). The molecule has 1 aromatic carbocycles. The van der Waals surface area contributed by atoms with Gasteiger partial charge in [-0.1, -0.05) is 24.3 Å². The maximum absolute atomic E-state index is 5.25. The molecular weight excluding hydrogens is 224 g/mol. The molecule has 0 saturated heterocycles. The number of pyridine rings is 1. The summed E-state index contributed by atoms with van der Waals surface area (Å²) in [6.45, 7) is 2.98. The molecule has 0 aliphatic rings. The van der Waals surface area contributed by atoms with Gasteiger partial charge in [0.15, 0.2) is 11.6 Å². The summed E-state index contributed by atoms with van der Waals surface area (Å²) in [4.78, 5) is 4.27. The van der Waals surface area contributed by atoms with Crippen molar-refractivity contribution in [3.63, 3.8) is 0 Å². The molecule has 2 aromatic rings. The Labute approximate surface area is 108 Å². The summed E-state index contributed by atoms with van der Waals surface area (Å²) in [6.07, 6.45) is 2.74. The topological polar surface area (TPSA) is 34.1 Å². The maximum Gasteiger partial charge on any atom is 0.168 e. The quantitative estimate of drug-likeness (QED) is 0.875. The predicted octanol–water partition coefficient (Wildman–Crippen LogP) is 3.05. The summed E-state index contributed by atoms with van der Waals surface area (Å²) in [5.41, 5.74) is 2.69. The van der Waals surface area contributed by atoms with Crippen LogP contribution >= 0.6 is 0 Å². The number of methoxy groups -OCH3 is 1. The predicted molar refractivity (Wildman–Crippen MR) is 74.2 cm³/mol. The largest absolute Gasteiger partial charge is 0.493 e. The summed E-state index contributed by atoms with van der Waals surface area (Å²) in [7, 11) is 1.66. The second kappa shape index (κ2) is 6.05. The molecule has 0 aliphatic carbocycles.